The Kier molecular flexibility index (Phi) is 7.63. The van der Waals surface area contributed by atoms with E-state index in [1.807, 2.05) is 0 Å². The van der Waals surface area contributed by atoms with Crippen LogP contribution < -0.4 is 16.0 Å². The van der Waals surface area contributed by atoms with Crippen LogP contribution in [0.5, 0.6) is 0 Å². The highest BCUT2D eigenvalue weighted by Gasteiger charge is 2.39. The van der Waals surface area contributed by atoms with Crippen LogP contribution in [0.25, 0.3) is 11.2 Å². The molecular weight excluding hydrogens is 438 g/mol. The number of aliphatic hydroxyl groups excluding tert-OH is 3. The van der Waals surface area contributed by atoms with Crippen LogP contribution in [0.15, 0.2) is 12.7 Å². The van der Waals surface area contributed by atoms with E-state index in [9.17, 15) is 24.9 Å². The zero-order valence-corrected chi connectivity index (χ0v) is 18.5. The summed E-state index contributed by atoms with van der Waals surface area (Å²) in [7, 11) is 0. The number of alkyl carbamates (subject to hydrolysis) is 1. The Bertz CT molecular complexity index is 963. The Morgan fingerprint density at radius 2 is 2.06 bits per heavy atom. The summed E-state index contributed by atoms with van der Waals surface area (Å²) in [5, 5.41) is 37.7. The molecule has 33 heavy (non-hydrogen) atoms. The van der Waals surface area contributed by atoms with E-state index in [2.05, 4.69) is 35.9 Å². The molecule has 14 heteroatoms. The molecule has 2 amide bonds. The number of hydrogen-bond acceptors (Lipinski definition) is 11. The van der Waals surface area contributed by atoms with Gasteiger partial charge in [-0.05, 0) is 20.8 Å². The van der Waals surface area contributed by atoms with Crippen molar-refractivity contribution in [3.63, 3.8) is 0 Å². The maximum atomic E-state index is 12.6. The third-order valence-corrected chi connectivity index (χ3v) is 4.81. The molecule has 5 atom stereocenters. The van der Waals surface area contributed by atoms with Gasteiger partial charge in [0.05, 0.1) is 25.6 Å². The first-order chi connectivity index (χ1) is 15.6. The number of aromatic nitrogens is 4. The van der Waals surface area contributed by atoms with Crippen molar-refractivity contribution < 1.29 is 34.4 Å². The molecule has 3 heterocycles. The van der Waals surface area contributed by atoms with Crippen molar-refractivity contribution in [2.75, 3.05) is 18.5 Å². The SMILES string of the molecule is CC(C)(C)OC(=O)N[C@H](CO)C(=O)N[C@@H]1C[C@H](O)[C@@H](Nc2ncnc3nc[nH]c23)O[C@H]1CO. The summed E-state index contributed by atoms with van der Waals surface area (Å²) in [5.41, 5.74) is 0.162. The van der Waals surface area contributed by atoms with Crippen LogP contribution in [0.3, 0.4) is 0 Å². The van der Waals surface area contributed by atoms with Gasteiger partial charge in [0.1, 0.15) is 35.7 Å². The average molecular weight is 467 g/mol. The second kappa shape index (κ2) is 10.2. The Balaban J connectivity index is 1.62. The molecule has 3 rings (SSSR count). The minimum absolute atomic E-state index is 0.0242. The van der Waals surface area contributed by atoms with E-state index in [1.165, 1.54) is 12.7 Å². The molecular formula is C19H29N7O7. The van der Waals surface area contributed by atoms with Crippen LogP contribution in [-0.4, -0.2) is 96.6 Å². The molecule has 0 aliphatic carbocycles. The highest BCUT2D eigenvalue weighted by Crippen LogP contribution is 2.24. The number of amides is 2. The van der Waals surface area contributed by atoms with Gasteiger partial charge in [0.15, 0.2) is 17.7 Å². The quantitative estimate of drug-likeness (QED) is 0.252. The van der Waals surface area contributed by atoms with Gasteiger partial charge in [0, 0.05) is 6.42 Å². The number of anilines is 1. The fourth-order valence-corrected chi connectivity index (χ4v) is 3.30. The number of nitrogens with one attached hydrogen (secondary N) is 4. The van der Waals surface area contributed by atoms with Gasteiger partial charge in [-0.3, -0.25) is 4.79 Å². The van der Waals surface area contributed by atoms with Crippen molar-refractivity contribution in [3.05, 3.63) is 12.7 Å². The van der Waals surface area contributed by atoms with Gasteiger partial charge >= 0.3 is 6.09 Å². The van der Waals surface area contributed by atoms with Crippen LogP contribution in [0.4, 0.5) is 10.6 Å². The predicted octanol–water partition coefficient (Wildman–Crippen LogP) is -1.40. The predicted molar refractivity (Wildman–Crippen MR) is 114 cm³/mol. The van der Waals surface area contributed by atoms with Gasteiger partial charge in [-0.25, -0.2) is 19.7 Å². The monoisotopic (exact) mass is 467 g/mol. The van der Waals surface area contributed by atoms with E-state index in [-0.39, 0.29) is 6.42 Å². The molecule has 0 saturated carbocycles. The van der Waals surface area contributed by atoms with Gasteiger partial charge in [-0.15, -0.1) is 0 Å². The van der Waals surface area contributed by atoms with E-state index in [0.29, 0.717) is 17.0 Å². The number of ether oxygens (including phenoxy) is 2. The normalized spacial score (nSPS) is 24.2. The Morgan fingerprint density at radius 3 is 2.73 bits per heavy atom. The fraction of sp³-hybridized carbons (Fsp3) is 0.632. The number of aliphatic hydroxyl groups is 3. The lowest BCUT2D eigenvalue weighted by Gasteiger charge is -2.39. The minimum atomic E-state index is -1.29. The first kappa shape index (κ1) is 24.6. The lowest BCUT2D eigenvalue weighted by Crippen LogP contribution is -2.60. The number of rotatable bonds is 7. The highest BCUT2D eigenvalue weighted by atomic mass is 16.6. The van der Waals surface area contributed by atoms with Crippen LogP contribution in [0.2, 0.25) is 0 Å². The third-order valence-electron chi connectivity index (χ3n) is 4.81. The summed E-state index contributed by atoms with van der Waals surface area (Å²) in [6, 6.07) is -2.08. The second-order valence-electron chi connectivity index (χ2n) is 8.54. The number of imidazole rings is 1. The summed E-state index contributed by atoms with van der Waals surface area (Å²) in [6.07, 6.45) is -0.989. The van der Waals surface area contributed by atoms with Gasteiger partial charge in [-0.1, -0.05) is 0 Å². The molecule has 1 saturated heterocycles. The topological polar surface area (TPSA) is 204 Å². The van der Waals surface area contributed by atoms with E-state index in [4.69, 9.17) is 9.47 Å². The van der Waals surface area contributed by atoms with Crippen molar-refractivity contribution in [3.8, 4) is 0 Å². The summed E-state index contributed by atoms with van der Waals surface area (Å²) < 4.78 is 10.8. The number of carbonyl (C=O) groups excluding carboxylic acids is 2. The summed E-state index contributed by atoms with van der Waals surface area (Å²) in [6.45, 7) is 3.86. The number of carbonyl (C=O) groups is 2. The molecule has 2 aromatic heterocycles. The average Bonchev–Trinajstić information content (AvgIpc) is 3.22. The molecule has 1 aliphatic rings. The minimum Gasteiger partial charge on any atom is -0.444 e. The second-order valence-corrected chi connectivity index (χ2v) is 8.54. The number of H-pyrrole nitrogens is 1. The molecule has 0 unspecified atom stereocenters. The van der Waals surface area contributed by atoms with Gasteiger partial charge in [-0.2, -0.15) is 0 Å². The molecule has 2 aromatic rings. The summed E-state index contributed by atoms with van der Waals surface area (Å²) in [4.78, 5) is 39.6. The van der Waals surface area contributed by atoms with Crippen molar-refractivity contribution in [2.24, 2.45) is 0 Å². The van der Waals surface area contributed by atoms with Crippen molar-refractivity contribution in [1.82, 2.24) is 30.6 Å². The van der Waals surface area contributed by atoms with E-state index >= 15 is 0 Å². The number of aromatic amines is 1. The van der Waals surface area contributed by atoms with Crippen molar-refractivity contribution in [1.29, 1.82) is 0 Å². The maximum Gasteiger partial charge on any atom is 0.408 e. The lowest BCUT2D eigenvalue weighted by molar-refractivity contribution is -0.143. The van der Waals surface area contributed by atoms with E-state index in [1.54, 1.807) is 20.8 Å². The molecule has 0 spiro atoms. The summed E-state index contributed by atoms with van der Waals surface area (Å²) >= 11 is 0. The molecule has 7 N–H and O–H groups in total. The van der Waals surface area contributed by atoms with Crippen LogP contribution in [0, 0.1) is 0 Å². The lowest BCUT2D eigenvalue weighted by atomic mass is 9.98. The number of fused-ring (bicyclic) bond motifs is 1. The highest BCUT2D eigenvalue weighted by molar-refractivity contribution is 5.86. The standard InChI is InChI=1S/C19H29N7O7/c1-19(2,3)33-18(31)25-10(5-27)16(30)24-9-4-11(29)17(32-12(9)6-28)26-15-13-14(21-7-20-13)22-8-23-15/h7-12,17,27-29H,4-6H2,1-3H3,(H,24,30)(H,25,31)(H2,20,21,22,23,26)/t9-,10-,11+,12+,17+/m1/s1. The molecule has 14 nitrogen and oxygen atoms in total. The number of hydrogen-bond donors (Lipinski definition) is 7. The van der Waals surface area contributed by atoms with Gasteiger partial charge in [0.25, 0.3) is 0 Å². The van der Waals surface area contributed by atoms with Crippen LogP contribution in [-0.2, 0) is 14.3 Å². The molecule has 182 valence electrons. The molecule has 0 aromatic carbocycles. The first-order valence-corrected chi connectivity index (χ1v) is 10.4. The van der Waals surface area contributed by atoms with Crippen LogP contribution in [0.1, 0.15) is 27.2 Å². The maximum absolute atomic E-state index is 12.6. The largest absolute Gasteiger partial charge is 0.444 e. The van der Waals surface area contributed by atoms with E-state index < -0.39 is 61.3 Å². The third kappa shape index (κ3) is 6.25. The van der Waals surface area contributed by atoms with E-state index in [0.717, 1.165) is 0 Å². The van der Waals surface area contributed by atoms with Gasteiger partial charge < -0.3 is 45.7 Å². The van der Waals surface area contributed by atoms with Crippen molar-refractivity contribution in [2.45, 2.75) is 63.3 Å². The molecule has 0 radical (unpaired) electrons. The first-order valence-electron chi connectivity index (χ1n) is 10.4. The number of nitrogens with zero attached hydrogens (tertiary/aromatic N) is 3. The molecule has 1 fully saturated rings. The summed E-state index contributed by atoms with van der Waals surface area (Å²) in [5.74, 6) is -0.369. The zero-order chi connectivity index (χ0) is 24.2. The molecule has 1 aliphatic heterocycles. The smallest absolute Gasteiger partial charge is 0.408 e. The zero-order valence-electron chi connectivity index (χ0n) is 18.5. The Hall–Kier alpha value is -3.07. The van der Waals surface area contributed by atoms with Crippen molar-refractivity contribution >= 4 is 29.0 Å². The molecule has 0 bridgehead atoms. The fourth-order valence-electron chi connectivity index (χ4n) is 3.30. The Labute approximate surface area is 189 Å². The van der Waals surface area contributed by atoms with Crippen LogP contribution >= 0.6 is 0 Å². The van der Waals surface area contributed by atoms with Gasteiger partial charge in [0.2, 0.25) is 5.91 Å². The Morgan fingerprint density at radius 1 is 1.30 bits per heavy atom.